The van der Waals surface area contributed by atoms with Gasteiger partial charge < -0.3 is 20.1 Å². The molecule has 0 aromatic heterocycles. The van der Waals surface area contributed by atoms with Gasteiger partial charge in [0, 0.05) is 19.4 Å². The van der Waals surface area contributed by atoms with Gasteiger partial charge in [0.1, 0.15) is 6.61 Å². The average Bonchev–Trinajstić information content (AvgIpc) is 3.45. The van der Waals surface area contributed by atoms with Crippen LogP contribution >= 0.6 is 7.82 Å². The standard InChI is InChI=1S/C70H114NO8P/c1-3-5-7-9-11-13-15-17-19-21-23-24-25-26-27-28-29-30-31-32-33-34-35-36-37-38-39-40-41-42-43-44-45-47-49-51-53-55-57-59-61-63-70(73)79-68(67-78-80(74,75)77-65-64-71)66-76-69(72)62-60-58-56-54-52-50-48-46-22-20-18-16-14-12-10-8-6-4-2/h5,7,11,13,17,19-20,22-24,26-27,29-30,32-33,35-36,38-39,41-42,44-45,49,51,68H,3-4,6,8-10,12,14-16,18,21,25,28,31,34,37,40,43,46-48,50,52-67,71H2,1-2H3,(H,74,75)/b7-5-,13-11-,19-17-,22-20-,24-23-,27-26-,30-29-,33-32-,36-35-,39-38-,42-41-,45-44-,51-49-. The topological polar surface area (TPSA) is 134 Å². The van der Waals surface area contributed by atoms with Gasteiger partial charge >= 0.3 is 19.8 Å². The number of phosphoric acid groups is 1. The summed E-state index contributed by atoms with van der Waals surface area (Å²) in [4.78, 5) is 35.2. The number of nitrogens with two attached hydrogens (primary N) is 1. The second-order valence-corrected chi connectivity index (χ2v) is 21.6. The van der Waals surface area contributed by atoms with Crippen LogP contribution in [0.4, 0.5) is 0 Å². The molecule has 0 aromatic rings. The maximum atomic E-state index is 12.7. The molecule has 0 saturated heterocycles. The van der Waals surface area contributed by atoms with Gasteiger partial charge in [-0.1, -0.05) is 255 Å². The number of carbonyl (C=O) groups excluding carboxylic acids is 2. The fourth-order valence-electron chi connectivity index (χ4n) is 8.02. The summed E-state index contributed by atoms with van der Waals surface area (Å²) in [5.74, 6) is -0.871. The normalized spacial score (nSPS) is 14.1. The number of hydrogen-bond acceptors (Lipinski definition) is 8. The minimum absolute atomic E-state index is 0.0407. The monoisotopic (exact) mass is 1130 g/mol. The molecule has 2 atom stereocenters. The fourth-order valence-corrected chi connectivity index (χ4v) is 8.79. The molecule has 0 radical (unpaired) electrons. The maximum absolute atomic E-state index is 12.7. The van der Waals surface area contributed by atoms with Crippen molar-refractivity contribution in [2.24, 2.45) is 5.73 Å². The summed E-state index contributed by atoms with van der Waals surface area (Å²) >= 11 is 0. The van der Waals surface area contributed by atoms with E-state index in [4.69, 9.17) is 24.3 Å². The molecule has 9 nitrogen and oxygen atoms in total. The molecule has 3 N–H and O–H groups in total. The zero-order chi connectivity index (χ0) is 58.0. The molecule has 2 unspecified atom stereocenters. The lowest BCUT2D eigenvalue weighted by Crippen LogP contribution is -2.29. The summed E-state index contributed by atoms with van der Waals surface area (Å²) in [7, 11) is -4.41. The third kappa shape index (κ3) is 62.8. The van der Waals surface area contributed by atoms with E-state index in [1.807, 2.05) is 0 Å². The first kappa shape index (κ1) is 75.6. The van der Waals surface area contributed by atoms with Gasteiger partial charge in [-0.3, -0.25) is 18.6 Å². The maximum Gasteiger partial charge on any atom is 0.472 e. The molecule has 0 aliphatic carbocycles. The summed E-state index contributed by atoms with van der Waals surface area (Å²) < 4.78 is 33.0. The van der Waals surface area contributed by atoms with E-state index in [0.717, 1.165) is 135 Å². The zero-order valence-corrected chi connectivity index (χ0v) is 51.4. The van der Waals surface area contributed by atoms with Crippen LogP contribution in [0.15, 0.2) is 158 Å². The van der Waals surface area contributed by atoms with Crippen LogP contribution < -0.4 is 5.73 Å². The second kappa shape index (κ2) is 63.8. The molecule has 10 heteroatoms. The Hall–Kier alpha value is -4.37. The first-order chi connectivity index (χ1) is 39.3. The van der Waals surface area contributed by atoms with Crippen molar-refractivity contribution in [3.05, 3.63) is 158 Å². The molecular weight excluding hydrogens is 1010 g/mol. The van der Waals surface area contributed by atoms with Crippen LogP contribution in [0.1, 0.15) is 239 Å². The Kier molecular flexibility index (Phi) is 60.3. The van der Waals surface area contributed by atoms with E-state index in [1.165, 1.54) is 70.6 Å². The number of esters is 2. The van der Waals surface area contributed by atoms with Crippen molar-refractivity contribution in [3.63, 3.8) is 0 Å². The second-order valence-electron chi connectivity index (χ2n) is 20.2. The molecule has 0 saturated carbocycles. The van der Waals surface area contributed by atoms with Gasteiger partial charge in [0.25, 0.3) is 0 Å². The van der Waals surface area contributed by atoms with Gasteiger partial charge in [-0.15, -0.1) is 0 Å². The molecule has 0 aliphatic heterocycles. The summed E-state index contributed by atoms with van der Waals surface area (Å²) in [5, 5.41) is 0. The lowest BCUT2D eigenvalue weighted by atomic mass is 10.1. The van der Waals surface area contributed by atoms with Gasteiger partial charge in [-0.05, 0) is 128 Å². The van der Waals surface area contributed by atoms with Gasteiger partial charge in [0.15, 0.2) is 6.10 Å². The predicted molar refractivity (Wildman–Crippen MR) is 343 cm³/mol. The van der Waals surface area contributed by atoms with Gasteiger partial charge in [-0.2, -0.15) is 0 Å². The minimum atomic E-state index is -4.41. The van der Waals surface area contributed by atoms with E-state index in [9.17, 15) is 19.0 Å². The zero-order valence-electron chi connectivity index (χ0n) is 50.5. The highest BCUT2D eigenvalue weighted by molar-refractivity contribution is 7.47. The van der Waals surface area contributed by atoms with Gasteiger partial charge in [-0.25, -0.2) is 4.57 Å². The number of hydrogen-bond donors (Lipinski definition) is 2. The Bertz CT molecular complexity index is 1860. The summed E-state index contributed by atoms with van der Waals surface area (Å²) in [6.07, 6.45) is 93.1. The molecule has 0 amide bonds. The third-order valence-corrected chi connectivity index (χ3v) is 13.6. The summed E-state index contributed by atoms with van der Waals surface area (Å²) in [6.45, 7) is 3.58. The number of carbonyl (C=O) groups is 2. The first-order valence-electron chi connectivity index (χ1n) is 31.5. The van der Waals surface area contributed by atoms with E-state index in [0.29, 0.717) is 6.42 Å². The van der Waals surface area contributed by atoms with Crippen molar-refractivity contribution in [2.75, 3.05) is 26.4 Å². The molecule has 0 rings (SSSR count). The van der Waals surface area contributed by atoms with Crippen LogP contribution in [0.5, 0.6) is 0 Å². The quantitative estimate of drug-likeness (QED) is 0.0264. The van der Waals surface area contributed by atoms with E-state index in [-0.39, 0.29) is 32.6 Å². The van der Waals surface area contributed by atoms with Crippen LogP contribution in [-0.4, -0.2) is 49.3 Å². The molecule has 0 bridgehead atoms. The van der Waals surface area contributed by atoms with E-state index in [2.05, 4.69) is 172 Å². The van der Waals surface area contributed by atoms with Crippen LogP contribution in [0.2, 0.25) is 0 Å². The third-order valence-electron chi connectivity index (χ3n) is 12.6. The molecule has 452 valence electrons. The smallest absolute Gasteiger partial charge is 0.462 e. The highest BCUT2D eigenvalue weighted by Crippen LogP contribution is 2.43. The lowest BCUT2D eigenvalue weighted by Gasteiger charge is -2.19. The number of unbranched alkanes of at least 4 members (excludes halogenated alkanes) is 18. The largest absolute Gasteiger partial charge is 0.472 e. The van der Waals surface area contributed by atoms with Crippen LogP contribution in [0.25, 0.3) is 0 Å². The van der Waals surface area contributed by atoms with E-state index < -0.39 is 32.5 Å². The molecule has 0 spiro atoms. The Labute approximate surface area is 489 Å². The van der Waals surface area contributed by atoms with Gasteiger partial charge in [0.05, 0.1) is 13.2 Å². The number of phosphoric ester groups is 1. The Morgan fingerprint density at radius 3 is 1.04 bits per heavy atom. The van der Waals surface area contributed by atoms with Crippen molar-refractivity contribution in [1.82, 2.24) is 0 Å². The highest BCUT2D eigenvalue weighted by Gasteiger charge is 2.26. The highest BCUT2D eigenvalue weighted by atomic mass is 31.2. The molecule has 0 fully saturated rings. The van der Waals surface area contributed by atoms with Crippen LogP contribution in [0.3, 0.4) is 0 Å². The van der Waals surface area contributed by atoms with Crippen LogP contribution in [0, 0.1) is 0 Å². The SMILES string of the molecule is CC/C=C\C/C=C\C/C=C\C/C=C\C/C=C\C/C=C\C/C=C\C/C=C\C/C=C\C/C=C\C/C=C\C/C=C\CCCCCCC(=O)OC(COC(=O)CCCCCCCCC/C=C\CCCCCCCCC)COP(=O)(O)OCCN. The number of ether oxygens (including phenoxy) is 2. The van der Waals surface area contributed by atoms with E-state index >= 15 is 0 Å². The molecule has 0 aliphatic rings. The molecule has 80 heavy (non-hydrogen) atoms. The molecule has 0 aromatic carbocycles. The molecule has 0 heterocycles. The molecular formula is C70H114NO8P. The van der Waals surface area contributed by atoms with Crippen molar-refractivity contribution in [3.8, 4) is 0 Å². The minimum Gasteiger partial charge on any atom is -0.462 e. The number of allylic oxidation sites excluding steroid dienone is 26. The Morgan fingerprint density at radius 2 is 0.688 bits per heavy atom. The summed E-state index contributed by atoms with van der Waals surface area (Å²) in [5.41, 5.74) is 5.38. The van der Waals surface area contributed by atoms with Crippen molar-refractivity contribution < 1.29 is 37.6 Å². The van der Waals surface area contributed by atoms with Crippen molar-refractivity contribution >= 4 is 19.8 Å². The first-order valence-corrected chi connectivity index (χ1v) is 33.0. The average molecular weight is 1130 g/mol. The van der Waals surface area contributed by atoms with Crippen molar-refractivity contribution in [1.29, 1.82) is 0 Å². The van der Waals surface area contributed by atoms with E-state index in [1.54, 1.807) is 0 Å². The van der Waals surface area contributed by atoms with Crippen LogP contribution in [-0.2, 0) is 32.7 Å². The van der Waals surface area contributed by atoms with Crippen molar-refractivity contribution in [2.45, 2.75) is 245 Å². The summed E-state index contributed by atoms with van der Waals surface area (Å²) in [6, 6.07) is 0. The lowest BCUT2D eigenvalue weighted by molar-refractivity contribution is -0.161. The van der Waals surface area contributed by atoms with Gasteiger partial charge in [0.2, 0.25) is 0 Å². The number of rotatable bonds is 57. The predicted octanol–water partition coefficient (Wildman–Crippen LogP) is 20.5. The Balaban J connectivity index is 4.06. The Morgan fingerprint density at radius 1 is 0.388 bits per heavy atom. The fraction of sp³-hybridized carbons (Fsp3) is 0.600.